The van der Waals surface area contributed by atoms with Crippen molar-refractivity contribution in [2.24, 2.45) is 11.8 Å². The number of hydrogen-bond donors (Lipinski definition) is 0. The molecule has 0 bridgehead atoms. The Morgan fingerprint density at radius 2 is 1.86 bits per heavy atom. The van der Waals surface area contributed by atoms with E-state index in [1.165, 1.54) is 54.7 Å². The van der Waals surface area contributed by atoms with Crippen LogP contribution < -0.4 is 0 Å². The number of nitrogens with zero attached hydrogens (tertiary/aromatic N) is 3. The van der Waals surface area contributed by atoms with E-state index >= 15 is 0 Å². The van der Waals surface area contributed by atoms with Crippen molar-refractivity contribution in [3.63, 3.8) is 0 Å². The number of carbonyl (C=O) groups excluding carboxylic acids is 1. The molecule has 0 N–H and O–H groups in total. The van der Waals surface area contributed by atoms with Crippen LogP contribution in [0.3, 0.4) is 0 Å². The Kier molecular flexibility index (Phi) is 5.38. The van der Waals surface area contributed by atoms with Crippen LogP contribution in [-0.4, -0.2) is 53.4 Å². The molecule has 1 aliphatic carbocycles. The van der Waals surface area contributed by atoms with Crippen LogP contribution in [0.5, 0.6) is 0 Å². The van der Waals surface area contributed by atoms with Crippen LogP contribution in [0.4, 0.5) is 0 Å². The van der Waals surface area contributed by atoms with Gasteiger partial charge in [0.1, 0.15) is 0 Å². The molecule has 3 atom stereocenters. The predicted molar refractivity (Wildman–Crippen MR) is 115 cm³/mol. The van der Waals surface area contributed by atoms with E-state index in [9.17, 15) is 4.79 Å². The van der Waals surface area contributed by atoms with Crippen LogP contribution in [0.1, 0.15) is 55.9 Å². The molecule has 3 fully saturated rings. The minimum absolute atomic E-state index is 0.356. The minimum Gasteiger partial charge on any atom is -0.341 e. The van der Waals surface area contributed by atoms with Crippen molar-refractivity contribution in [3.05, 3.63) is 29.3 Å². The first-order chi connectivity index (χ1) is 13.8. The standard InChI is InChI=1S/C23H31N3OS/c27-22(26-13-11-17-6-1-2-7-18(17)15-26)16-25-12-5-8-19(14-25)23-24-20-9-3-4-10-21(20)28-23/h3-4,9-10,17-19H,1-2,5-8,11-16H2/t17-,18+,19+/m0/s1. The number of rotatable bonds is 3. The Balaban J connectivity index is 1.20. The number of likely N-dealkylation sites (tertiary alicyclic amines) is 2. The third kappa shape index (κ3) is 3.84. The minimum atomic E-state index is 0.356. The van der Waals surface area contributed by atoms with Gasteiger partial charge >= 0.3 is 0 Å². The molecule has 3 aliphatic rings. The van der Waals surface area contributed by atoms with Crippen molar-refractivity contribution < 1.29 is 4.79 Å². The summed E-state index contributed by atoms with van der Waals surface area (Å²) in [7, 11) is 0. The van der Waals surface area contributed by atoms with Gasteiger partial charge in [-0.05, 0) is 56.2 Å². The van der Waals surface area contributed by atoms with Crippen LogP contribution in [0.15, 0.2) is 24.3 Å². The monoisotopic (exact) mass is 397 g/mol. The van der Waals surface area contributed by atoms with Gasteiger partial charge in [-0.15, -0.1) is 11.3 Å². The van der Waals surface area contributed by atoms with Gasteiger partial charge in [0.05, 0.1) is 21.8 Å². The van der Waals surface area contributed by atoms with Crippen LogP contribution in [0, 0.1) is 11.8 Å². The lowest BCUT2D eigenvalue weighted by Gasteiger charge is -2.42. The number of thiazole rings is 1. The summed E-state index contributed by atoms with van der Waals surface area (Å²) in [5.74, 6) is 2.48. The van der Waals surface area contributed by atoms with Crippen molar-refractivity contribution in [3.8, 4) is 0 Å². The maximum Gasteiger partial charge on any atom is 0.236 e. The van der Waals surface area contributed by atoms with Crippen LogP contribution in [0.25, 0.3) is 10.2 Å². The molecule has 5 rings (SSSR count). The second-order valence-corrected chi connectivity index (χ2v) is 10.1. The first-order valence-electron chi connectivity index (χ1n) is 11.1. The molecule has 28 heavy (non-hydrogen) atoms. The van der Waals surface area contributed by atoms with Gasteiger partial charge in [0.2, 0.25) is 5.91 Å². The Hall–Kier alpha value is -1.46. The Morgan fingerprint density at radius 1 is 1.00 bits per heavy atom. The van der Waals surface area contributed by atoms with E-state index in [-0.39, 0.29) is 0 Å². The molecule has 0 unspecified atom stereocenters. The van der Waals surface area contributed by atoms with Crippen LogP contribution in [-0.2, 0) is 4.79 Å². The van der Waals surface area contributed by atoms with Gasteiger partial charge in [0, 0.05) is 25.6 Å². The number of amides is 1. The van der Waals surface area contributed by atoms with E-state index in [1.54, 1.807) is 0 Å². The zero-order valence-corrected chi connectivity index (χ0v) is 17.5. The normalized spacial score (nSPS) is 29.0. The molecule has 4 nitrogen and oxygen atoms in total. The maximum absolute atomic E-state index is 13.0. The molecule has 0 radical (unpaired) electrons. The molecule has 2 aliphatic heterocycles. The highest BCUT2D eigenvalue weighted by atomic mass is 32.1. The van der Waals surface area contributed by atoms with Gasteiger partial charge in [0.15, 0.2) is 0 Å². The van der Waals surface area contributed by atoms with Crippen LogP contribution in [0.2, 0.25) is 0 Å². The summed E-state index contributed by atoms with van der Waals surface area (Å²) < 4.78 is 1.28. The van der Waals surface area contributed by atoms with Gasteiger partial charge in [-0.1, -0.05) is 31.4 Å². The highest BCUT2D eigenvalue weighted by molar-refractivity contribution is 7.18. The lowest BCUT2D eigenvalue weighted by Crippen LogP contribution is -2.49. The molecule has 1 amide bonds. The molecular formula is C23H31N3OS. The second-order valence-electron chi connectivity index (χ2n) is 9.03. The lowest BCUT2D eigenvalue weighted by molar-refractivity contribution is -0.135. The first-order valence-corrected chi connectivity index (χ1v) is 11.9. The van der Waals surface area contributed by atoms with Gasteiger partial charge in [-0.2, -0.15) is 0 Å². The quantitative estimate of drug-likeness (QED) is 0.764. The number of para-hydroxylation sites is 1. The molecule has 1 aromatic heterocycles. The first kappa shape index (κ1) is 18.6. The van der Waals surface area contributed by atoms with Crippen molar-refractivity contribution in [1.82, 2.24) is 14.8 Å². The molecule has 2 saturated heterocycles. The van der Waals surface area contributed by atoms with Crippen LogP contribution >= 0.6 is 11.3 Å². The van der Waals surface area contributed by atoms with Gasteiger partial charge in [0.25, 0.3) is 0 Å². The summed E-state index contributed by atoms with van der Waals surface area (Å²) in [6.45, 7) is 4.62. The van der Waals surface area contributed by atoms with E-state index in [1.807, 2.05) is 11.3 Å². The van der Waals surface area contributed by atoms with E-state index in [0.29, 0.717) is 18.4 Å². The Labute approximate surface area is 171 Å². The van der Waals surface area contributed by atoms with Crippen molar-refractivity contribution in [2.45, 2.75) is 50.9 Å². The number of fused-ring (bicyclic) bond motifs is 2. The average Bonchev–Trinajstić information content (AvgIpc) is 3.18. The molecule has 3 heterocycles. The smallest absolute Gasteiger partial charge is 0.236 e. The van der Waals surface area contributed by atoms with Crippen molar-refractivity contribution >= 4 is 27.5 Å². The number of benzene rings is 1. The fourth-order valence-electron chi connectivity index (χ4n) is 5.58. The summed E-state index contributed by atoms with van der Waals surface area (Å²) in [6, 6.07) is 8.42. The summed E-state index contributed by atoms with van der Waals surface area (Å²) >= 11 is 1.83. The topological polar surface area (TPSA) is 36.4 Å². The fraction of sp³-hybridized carbons (Fsp3) is 0.652. The van der Waals surface area contributed by atoms with Gasteiger partial charge in [-0.25, -0.2) is 4.98 Å². The zero-order chi connectivity index (χ0) is 18.9. The molecule has 5 heteroatoms. The molecular weight excluding hydrogens is 366 g/mol. The summed E-state index contributed by atoms with van der Waals surface area (Å²) in [5, 5.41) is 1.25. The number of aromatic nitrogens is 1. The predicted octanol–water partition coefficient (Wildman–Crippen LogP) is 4.51. The van der Waals surface area contributed by atoms with Crippen molar-refractivity contribution in [2.75, 3.05) is 32.7 Å². The number of piperidine rings is 2. The Morgan fingerprint density at radius 3 is 2.75 bits per heavy atom. The molecule has 150 valence electrons. The lowest BCUT2D eigenvalue weighted by atomic mass is 9.75. The SMILES string of the molecule is O=C(CN1CCC[C@@H](c2nc3ccccc3s2)C1)N1CC[C@@H]2CCCC[C@@H]2C1. The molecule has 1 saturated carbocycles. The largest absolute Gasteiger partial charge is 0.341 e. The number of hydrogen-bond acceptors (Lipinski definition) is 4. The second kappa shape index (κ2) is 8.11. The third-order valence-electron chi connectivity index (χ3n) is 7.17. The zero-order valence-electron chi connectivity index (χ0n) is 16.7. The Bertz CT molecular complexity index is 801. The maximum atomic E-state index is 13.0. The molecule has 2 aromatic rings. The molecule has 1 aromatic carbocycles. The molecule has 0 spiro atoms. The number of carbonyl (C=O) groups is 1. The fourth-order valence-corrected chi connectivity index (χ4v) is 6.68. The third-order valence-corrected chi connectivity index (χ3v) is 8.37. The summed E-state index contributed by atoms with van der Waals surface area (Å²) in [5.41, 5.74) is 1.12. The summed E-state index contributed by atoms with van der Waals surface area (Å²) in [4.78, 5) is 22.4. The van der Waals surface area contributed by atoms with Crippen molar-refractivity contribution in [1.29, 1.82) is 0 Å². The van der Waals surface area contributed by atoms with E-state index in [2.05, 4.69) is 34.1 Å². The average molecular weight is 398 g/mol. The highest BCUT2D eigenvalue weighted by Gasteiger charge is 2.34. The van der Waals surface area contributed by atoms with Gasteiger partial charge in [-0.3, -0.25) is 9.69 Å². The highest BCUT2D eigenvalue weighted by Crippen LogP contribution is 2.36. The van der Waals surface area contributed by atoms with E-state index < -0.39 is 0 Å². The summed E-state index contributed by atoms with van der Waals surface area (Å²) in [6.07, 6.45) is 9.07. The van der Waals surface area contributed by atoms with E-state index in [0.717, 1.165) is 43.5 Å². The van der Waals surface area contributed by atoms with Gasteiger partial charge < -0.3 is 4.90 Å². The van der Waals surface area contributed by atoms with E-state index in [4.69, 9.17) is 4.98 Å².